The molecule has 1 heterocycles. The summed E-state index contributed by atoms with van der Waals surface area (Å²) in [6, 6.07) is 0. The molecule has 0 aromatic carbocycles. The van der Waals surface area contributed by atoms with Gasteiger partial charge in [-0.25, -0.2) is 0 Å². The van der Waals surface area contributed by atoms with Crippen LogP contribution in [0.4, 0.5) is 0 Å². The predicted octanol–water partition coefficient (Wildman–Crippen LogP) is 1.35. The Morgan fingerprint density at radius 2 is 2.47 bits per heavy atom. The van der Waals surface area contributed by atoms with Crippen molar-refractivity contribution >= 4 is 0 Å². The first-order valence-corrected chi connectivity index (χ1v) is 5.21. The summed E-state index contributed by atoms with van der Waals surface area (Å²) in [6.45, 7) is 8.45. The minimum Gasteiger partial charge on any atom is -0.486 e. The van der Waals surface area contributed by atoms with E-state index in [2.05, 4.69) is 23.9 Å². The van der Waals surface area contributed by atoms with Gasteiger partial charge < -0.3 is 10.1 Å². The summed E-state index contributed by atoms with van der Waals surface area (Å²) in [6.07, 6.45) is 4.68. The minimum atomic E-state index is 0.544. The highest BCUT2D eigenvalue weighted by Gasteiger charge is 1.98. The Bertz CT molecular complexity index is 307. The zero-order chi connectivity index (χ0) is 11.1. The number of hydrogen-bond acceptors (Lipinski definition) is 3. The number of nitrogens with zero attached hydrogens (tertiary/aromatic N) is 2. The van der Waals surface area contributed by atoms with Gasteiger partial charge in [-0.05, 0) is 18.5 Å². The lowest BCUT2D eigenvalue weighted by Gasteiger charge is -2.07. The van der Waals surface area contributed by atoms with Crippen LogP contribution in [-0.4, -0.2) is 29.5 Å². The molecular weight excluding hydrogens is 190 g/mol. The largest absolute Gasteiger partial charge is 0.486 e. The number of nitrogens with one attached hydrogen (secondary N) is 1. The Labute approximate surface area is 90.9 Å². The summed E-state index contributed by atoms with van der Waals surface area (Å²) >= 11 is 0. The van der Waals surface area contributed by atoms with Gasteiger partial charge in [0.25, 0.3) is 0 Å². The Kier molecular flexibility index (Phi) is 4.90. The number of aryl methyl sites for hydroxylation is 1. The molecule has 0 aliphatic rings. The van der Waals surface area contributed by atoms with Gasteiger partial charge in [-0.2, -0.15) is 5.10 Å². The Morgan fingerprint density at radius 3 is 3.07 bits per heavy atom. The zero-order valence-corrected chi connectivity index (χ0v) is 9.49. The third kappa shape index (κ3) is 4.65. The van der Waals surface area contributed by atoms with Crippen LogP contribution in [0, 0.1) is 0 Å². The van der Waals surface area contributed by atoms with Crippen molar-refractivity contribution in [2.24, 2.45) is 7.05 Å². The van der Waals surface area contributed by atoms with Crippen LogP contribution in [0.15, 0.2) is 24.5 Å². The highest BCUT2D eigenvalue weighted by Crippen LogP contribution is 2.07. The molecule has 0 spiro atoms. The number of aromatic nitrogens is 2. The smallest absolute Gasteiger partial charge is 0.157 e. The quantitative estimate of drug-likeness (QED) is 0.544. The zero-order valence-electron chi connectivity index (χ0n) is 9.49. The summed E-state index contributed by atoms with van der Waals surface area (Å²) < 4.78 is 7.21. The molecule has 0 unspecified atom stereocenters. The normalized spacial score (nSPS) is 10.3. The van der Waals surface area contributed by atoms with Gasteiger partial charge in [0, 0.05) is 13.6 Å². The number of hydrogen-bond donors (Lipinski definition) is 1. The van der Waals surface area contributed by atoms with Crippen molar-refractivity contribution in [1.29, 1.82) is 0 Å². The van der Waals surface area contributed by atoms with E-state index in [0.29, 0.717) is 6.61 Å². The third-order valence-electron chi connectivity index (χ3n) is 1.93. The van der Waals surface area contributed by atoms with Crippen molar-refractivity contribution in [3.8, 4) is 5.75 Å². The van der Waals surface area contributed by atoms with E-state index in [9.17, 15) is 0 Å². The van der Waals surface area contributed by atoms with Crippen LogP contribution in [0.2, 0.25) is 0 Å². The maximum atomic E-state index is 5.50. The SMILES string of the molecule is C=C(CNCCC)COc1cnn(C)c1. The molecule has 15 heavy (non-hydrogen) atoms. The van der Waals surface area contributed by atoms with Gasteiger partial charge in [0.1, 0.15) is 6.61 Å². The molecule has 0 saturated heterocycles. The fraction of sp³-hybridized carbons (Fsp3) is 0.545. The highest BCUT2D eigenvalue weighted by atomic mass is 16.5. The van der Waals surface area contributed by atoms with Crippen molar-refractivity contribution in [3.05, 3.63) is 24.5 Å². The average Bonchev–Trinajstić information content (AvgIpc) is 2.62. The predicted molar refractivity (Wildman–Crippen MR) is 61.0 cm³/mol. The van der Waals surface area contributed by atoms with Gasteiger partial charge in [0.15, 0.2) is 5.75 Å². The van der Waals surface area contributed by atoms with Gasteiger partial charge in [-0.15, -0.1) is 0 Å². The first-order chi connectivity index (χ1) is 7.22. The molecule has 0 bridgehead atoms. The molecule has 1 rings (SSSR count). The lowest BCUT2D eigenvalue weighted by Crippen LogP contribution is -2.20. The van der Waals surface area contributed by atoms with Gasteiger partial charge in [0.2, 0.25) is 0 Å². The van der Waals surface area contributed by atoms with Crippen LogP contribution >= 0.6 is 0 Å². The number of ether oxygens (including phenoxy) is 1. The van der Waals surface area contributed by atoms with Crippen molar-refractivity contribution in [1.82, 2.24) is 15.1 Å². The fourth-order valence-corrected chi connectivity index (χ4v) is 1.15. The van der Waals surface area contributed by atoms with Crippen LogP contribution in [0.25, 0.3) is 0 Å². The fourth-order valence-electron chi connectivity index (χ4n) is 1.15. The summed E-state index contributed by atoms with van der Waals surface area (Å²) in [5, 5.41) is 7.29. The molecular formula is C11H19N3O. The van der Waals surface area contributed by atoms with Crippen molar-refractivity contribution in [3.63, 3.8) is 0 Å². The highest BCUT2D eigenvalue weighted by molar-refractivity contribution is 5.13. The van der Waals surface area contributed by atoms with Crippen LogP contribution in [-0.2, 0) is 7.05 Å². The van der Waals surface area contributed by atoms with E-state index in [4.69, 9.17) is 4.74 Å². The summed E-state index contributed by atoms with van der Waals surface area (Å²) in [4.78, 5) is 0. The maximum absolute atomic E-state index is 5.50. The molecule has 1 aromatic heterocycles. The first-order valence-electron chi connectivity index (χ1n) is 5.21. The second kappa shape index (κ2) is 6.24. The monoisotopic (exact) mass is 209 g/mol. The molecule has 1 aromatic rings. The third-order valence-corrected chi connectivity index (χ3v) is 1.93. The minimum absolute atomic E-state index is 0.544. The van der Waals surface area contributed by atoms with E-state index >= 15 is 0 Å². The molecule has 4 heteroatoms. The molecule has 0 fully saturated rings. The molecule has 0 amide bonds. The van der Waals surface area contributed by atoms with Gasteiger partial charge in [-0.1, -0.05) is 13.5 Å². The van der Waals surface area contributed by atoms with Gasteiger partial charge in [-0.3, -0.25) is 4.68 Å². The molecule has 4 nitrogen and oxygen atoms in total. The summed E-state index contributed by atoms with van der Waals surface area (Å²) in [5.41, 5.74) is 1.05. The summed E-state index contributed by atoms with van der Waals surface area (Å²) in [5.74, 6) is 0.786. The Hall–Kier alpha value is -1.29. The van der Waals surface area contributed by atoms with Gasteiger partial charge in [0.05, 0.1) is 12.4 Å². The molecule has 0 aliphatic carbocycles. The van der Waals surface area contributed by atoms with Crippen LogP contribution in [0.1, 0.15) is 13.3 Å². The van der Waals surface area contributed by atoms with E-state index in [-0.39, 0.29) is 0 Å². The van der Waals surface area contributed by atoms with E-state index in [0.717, 1.165) is 30.8 Å². The Morgan fingerprint density at radius 1 is 1.67 bits per heavy atom. The van der Waals surface area contributed by atoms with Crippen molar-refractivity contribution in [2.75, 3.05) is 19.7 Å². The first kappa shape index (κ1) is 11.8. The molecule has 0 saturated carbocycles. The molecule has 0 aliphatic heterocycles. The molecule has 1 N–H and O–H groups in total. The summed E-state index contributed by atoms with van der Waals surface area (Å²) in [7, 11) is 1.87. The number of rotatable bonds is 7. The average molecular weight is 209 g/mol. The standard InChI is InChI=1S/C11H19N3O/c1-4-5-12-6-10(2)9-15-11-7-13-14(3)8-11/h7-8,12H,2,4-6,9H2,1,3H3. The van der Waals surface area contributed by atoms with Crippen LogP contribution < -0.4 is 10.1 Å². The lowest BCUT2D eigenvalue weighted by molar-refractivity contribution is 0.348. The lowest BCUT2D eigenvalue weighted by atomic mass is 10.3. The van der Waals surface area contributed by atoms with Crippen LogP contribution in [0.3, 0.4) is 0 Å². The molecule has 0 atom stereocenters. The van der Waals surface area contributed by atoms with E-state index < -0.39 is 0 Å². The second-order valence-electron chi connectivity index (χ2n) is 3.57. The maximum Gasteiger partial charge on any atom is 0.157 e. The second-order valence-corrected chi connectivity index (χ2v) is 3.57. The molecule has 84 valence electrons. The van der Waals surface area contributed by atoms with Gasteiger partial charge >= 0.3 is 0 Å². The van der Waals surface area contributed by atoms with E-state index in [1.54, 1.807) is 10.9 Å². The molecule has 0 radical (unpaired) electrons. The van der Waals surface area contributed by atoms with E-state index in [1.165, 1.54) is 0 Å². The van der Waals surface area contributed by atoms with Crippen molar-refractivity contribution < 1.29 is 4.74 Å². The van der Waals surface area contributed by atoms with E-state index in [1.807, 2.05) is 13.2 Å². The Balaban J connectivity index is 2.16. The van der Waals surface area contributed by atoms with Crippen molar-refractivity contribution in [2.45, 2.75) is 13.3 Å². The topological polar surface area (TPSA) is 39.1 Å². The van der Waals surface area contributed by atoms with Crippen LogP contribution in [0.5, 0.6) is 5.75 Å².